The van der Waals surface area contributed by atoms with Gasteiger partial charge in [-0.25, -0.2) is 4.39 Å². The van der Waals surface area contributed by atoms with Gasteiger partial charge in [0.2, 0.25) is 0 Å². The van der Waals surface area contributed by atoms with Crippen LogP contribution in [0.15, 0.2) is 18.2 Å². The van der Waals surface area contributed by atoms with Crippen LogP contribution >= 0.6 is 0 Å². The number of nitrogens with zero attached hydrogens (tertiary/aromatic N) is 1. The van der Waals surface area contributed by atoms with Crippen molar-refractivity contribution in [2.24, 2.45) is 5.92 Å². The molecular formula is C15H23FN2. The number of benzene rings is 1. The van der Waals surface area contributed by atoms with Crippen LogP contribution in [-0.2, 0) is 6.54 Å². The van der Waals surface area contributed by atoms with E-state index in [1.807, 2.05) is 13.1 Å². The molecule has 1 saturated heterocycles. The number of hydrogen-bond donors (Lipinski definition) is 1. The van der Waals surface area contributed by atoms with Crippen LogP contribution in [0.2, 0.25) is 0 Å². The zero-order chi connectivity index (χ0) is 13.0. The van der Waals surface area contributed by atoms with E-state index < -0.39 is 0 Å². The number of rotatable bonds is 4. The van der Waals surface area contributed by atoms with Crippen molar-refractivity contribution < 1.29 is 4.39 Å². The Labute approximate surface area is 109 Å². The summed E-state index contributed by atoms with van der Waals surface area (Å²) in [7, 11) is 1.90. The molecule has 1 aromatic carbocycles. The van der Waals surface area contributed by atoms with Crippen LogP contribution in [0.3, 0.4) is 0 Å². The molecule has 1 N–H and O–H groups in total. The highest BCUT2D eigenvalue weighted by Gasteiger charge is 2.19. The minimum Gasteiger partial charge on any atom is -0.371 e. The van der Waals surface area contributed by atoms with Crippen molar-refractivity contribution >= 4 is 5.69 Å². The van der Waals surface area contributed by atoms with Crippen molar-refractivity contribution in [2.45, 2.75) is 32.7 Å². The van der Waals surface area contributed by atoms with Gasteiger partial charge in [0.05, 0.1) is 0 Å². The van der Waals surface area contributed by atoms with Crippen molar-refractivity contribution in [2.75, 3.05) is 25.0 Å². The molecule has 0 bridgehead atoms. The van der Waals surface area contributed by atoms with Crippen molar-refractivity contribution in [1.29, 1.82) is 0 Å². The fourth-order valence-electron chi connectivity index (χ4n) is 2.78. The van der Waals surface area contributed by atoms with E-state index in [-0.39, 0.29) is 5.82 Å². The van der Waals surface area contributed by atoms with Crippen molar-refractivity contribution in [1.82, 2.24) is 5.32 Å². The summed E-state index contributed by atoms with van der Waals surface area (Å²) >= 11 is 0. The van der Waals surface area contributed by atoms with Crippen LogP contribution in [-0.4, -0.2) is 20.1 Å². The molecule has 1 aliphatic rings. The third-order valence-electron chi connectivity index (χ3n) is 3.94. The largest absolute Gasteiger partial charge is 0.371 e. The first-order chi connectivity index (χ1) is 8.74. The van der Waals surface area contributed by atoms with Gasteiger partial charge in [-0.05, 0) is 49.6 Å². The first-order valence-corrected chi connectivity index (χ1v) is 6.92. The maximum atomic E-state index is 13.3. The first kappa shape index (κ1) is 13.3. The SMILES string of the molecule is CCC1CCN(c2ccc(F)cc2CNC)CC1. The van der Waals surface area contributed by atoms with Crippen molar-refractivity contribution in [3.05, 3.63) is 29.6 Å². The highest BCUT2D eigenvalue weighted by Crippen LogP contribution is 2.28. The molecule has 100 valence electrons. The third kappa shape index (κ3) is 3.02. The summed E-state index contributed by atoms with van der Waals surface area (Å²) in [5.41, 5.74) is 2.26. The normalized spacial score (nSPS) is 17.2. The third-order valence-corrected chi connectivity index (χ3v) is 3.94. The second kappa shape index (κ2) is 6.19. The molecule has 1 aliphatic heterocycles. The molecule has 0 atom stereocenters. The molecule has 0 unspecified atom stereocenters. The lowest BCUT2D eigenvalue weighted by Gasteiger charge is -2.34. The molecule has 0 spiro atoms. The number of nitrogens with one attached hydrogen (secondary N) is 1. The lowest BCUT2D eigenvalue weighted by Crippen LogP contribution is -2.34. The molecule has 0 radical (unpaired) electrons. The van der Waals surface area contributed by atoms with E-state index in [2.05, 4.69) is 17.1 Å². The fraction of sp³-hybridized carbons (Fsp3) is 0.600. The standard InChI is InChI=1S/C15H23FN2/c1-3-12-6-8-18(9-7-12)15-5-4-14(16)10-13(15)11-17-2/h4-5,10,12,17H,3,6-9,11H2,1-2H3. The van der Waals surface area contributed by atoms with Gasteiger partial charge in [0, 0.05) is 25.3 Å². The van der Waals surface area contributed by atoms with E-state index in [9.17, 15) is 4.39 Å². The Morgan fingerprint density at radius 3 is 2.67 bits per heavy atom. The van der Waals surface area contributed by atoms with Crippen LogP contribution in [0.4, 0.5) is 10.1 Å². The van der Waals surface area contributed by atoms with Gasteiger partial charge in [0.15, 0.2) is 0 Å². The van der Waals surface area contributed by atoms with Crippen molar-refractivity contribution in [3.8, 4) is 0 Å². The summed E-state index contributed by atoms with van der Waals surface area (Å²) < 4.78 is 13.3. The van der Waals surface area contributed by atoms with Crippen LogP contribution < -0.4 is 10.2 Å². The molecule has 1 aromatic rings. The molecule has 2 nitrogen and oxygen atoms in total. The maximum absolute atomic E-state index is 13.3. The van der Waals surface area contributed by atoms with Gasteiger partial charge in [-0.1, -0.05) is 13.3 Å². The van der Waals surface area contributed by atoms with Gasteiger partial charge in [-0.3, -0.25) is 0 Å². The van der Waals surface area contributed by atoms with E-state index in [0.717, 1.165) is 31.1 Å². The summed E-state index contributed by atoms with van der Waals surface area (Å²) in [6.45, 7) is 5.19. The minimum atomic E-state index is -0.146. The molecule has 1 fully saturated rings. The highest BCUT2D eigenvalue weighted by molar-refractivity contribution is 5.54. The first-order valence-electron chi connectivity index (χ1n) is 6.92. The van der Waals surface area contributed by atoms with E-state index >= 15 is 0 Å². The van der Waals surface area contributed by atoms with E-state index in [1.54, 1.807) is 12.1 Å². The van der Waals surface area contributed by atoms with Gasteiger partial charge in [-0.15, -0.1) is 0 Å². The summed E-state index contributed by atoms with van der Waals surface area (Å²) in [6, 6.07) is 5.15. The van der Waals surface area contributed by atoms with E-state index in [0.29, 0.717) is 0 Å². The molecule has 1 heterocycles. The smallest absolute Gasteiger partial charge is 0.123 e. The average molecular weight is 250 g/mol. The minimum absolute atomic E-state index is 0.146. The number of anilines is 1. The highest BCUT2D eigenvalue weighted by atomic mass is 19.1. The molecule has 18 heavy (non-hydrogen) atoms. The molecule has 0 aliphatic carbocycles. The van der Waals surface area contributed by atoms with Gasteiger partial charge in [-0.2, -0.15) is 0 Å². The quantitative estimate of drug-likeness (QED) is 0.883. The Kier molecular flexibility index (Phi) is 4.59. The molecule has 2 rings (SSSR count). The zero-order valence-electron chi connectivity index (χ0n) is 11.4. The Morgan fingerprint density at radius 1 is 1.33 bits per heavy atom. The van der Waals surface area contributed by atoms with E-state index in [1.165, 1.54) is 24.9 Å². The molecule has 0 amide bonds. The van der Waals surface area contributed by atoms with Gasteiger partial charge in [0.1, 0.15) is 5.82 Å². The van der Waals surface area contributed by atoms with E-state index in [4.69, 9.17) is 0 Å². The van der Waals surface area contributed by atoms with Crippen LogP contribution in [0.1, 0.15) is 31.7 Å². The molecule has 3 heteroatoms. The number of halogens is 1. The average Bonchev–Trinajstić information content (AvgIpc) is 2.40. The van der Waals surface area contributed by atoms with Gasteiger partial charge < -0.3 is 10.2 Å². The predicted molar refractivity (Wildman–Crippen MR) is 74.4 cm³/mol. The molecule has 0 saturated carbocycles. The second-order valence-corrected chi connectivity index (χ2v) is 5.14. The summed E-state index contributed by atoms with van der Waals surface area (Å²) in [5, 5.41) is 3.12. The molecule has 0 aromatic heterocycles. The lowest BCUT2D eigenvalue weighted by atomic mass is 9.94. The van der Waals surface area contributed by atoms with Crippen LogP contribution in [0, 0.1) is 11.7 Å². The number of hydrogen-bond acceptors (Lipinski definition) is 2. The zero-order valence-corrected chi connectivity index (χ0v) is 11.4. The number of piperidine rings is 1. The predicted octanol–water partition coefficient (Wildman–Crippen LogP) is 3.17. The Hall–Kier alpha value is -1.09. The molecular weight excluding hydrogens is 227 g/mol. The van der Waals surface area contributed by atoms with Crippen LogP contribution in [0.5, 0.6) is 0 Å². The Morgan fingerprint density at radius 2 is 2.06 bits per heavy atom. The lowest BCUT2D eigenvalue weighted by molar-refractivity contribution is 0.394. The fourth-order valence-corrected chi connectivity index (χ4v) is 2.78. The van der Waals surface area contributed by atoms with Crippen LogP contribution in [0.25, 0.3) is 0 Å². The maximum Gasteiger partial charge on any atom is 0.123 e. The topological polar surface area (TPSA) is 15.3 Å². The van der Waals surface area contributed by atoms with Gasteiger partial charge in [0.25, 0.3) is 0 Å². The van der Waals surface area contributed by atoms with Gasteiger partial charge >= 0.3 is 0 Å². The van der Waals surface area contributed by atoms with Crippen molar-refractivity contribution in [3.63, 3.8) is 0 Å². The Bertz CT molecular complexity index is 384. The summed E-state index contributed by atoms with van der Waals surface area (Å²) in [6.07, 6.45) is 3.79. The summed E-state index contributed by atoms with van der Waals surface area (Å²) in [5.74, 6) is 0.724. The summed E-state index contributed by atoms with van der Waals surface area (Å²) in [4.78, 5) is 2.40. The Balaban J connectivity index is 2.13. The second-order valence-electron chi connectivity index (χ2n) is 5.14. The monoisotopic (exact) mass is 250 g/mol.